The van der Waals surface area contributed by atoms with E-state index < -0.39 is 6.09 Å². The molecule has 0 saturated heterocycles. The molecule has 1 aromatic carbocycles. The zero-order valence-corrected chi connectivity index (χ0v) is 15.7. The zero-order chi connectivity index (χ0) is 19.2. The fourth-order valence-corrected chi connectivity index (χ4v) is 3.32. The number of carbonyl (C=O) groups is 1. The molecule has 2 heterocycles. The number of aromatic nitrogens is 3. The smallest absolute Gasteiger partial charge is 0.405 e. The van der Waals surface area contributed by atoms with Crippen molar-refractivity contribution in [2.24, 2.45) is 7.05 Å². The molecule has 2 N–H and O–H groups in total. The summed E-state index contributed by atoms with van der Waals surface area (Å²) in [5.74, 6) is 0. The van der Waals surface area contributed by atoms with Crippen LogP contribution in [0, 0.1) is 0 Å². The first-order valence-corrected chi connectivity index (χ1v) is 9.11. The average molecular weight is 385 g/mol. The molecule has 1 amide bonds. The summed E-state index contributed by atoms with van der Waals surface area (Å²) in [6.45, 7) is 0. The molecule has 0 saturated carbocycles. The Morgan fingerprint density at radius 2 is 2.15 bits per heavy atom. The van der Waals surface area contributed by atoms with Crippen molar-refractivity contribution in [2.45, 2.75) is 25.3 Å². The first-order valence-electron chi connectivity index (χ1n) is 8.74. The number of rotatable bonds is 7. The highest BCUT2D eigenvalue weighted by Gasteiger charge is 2.13. The lowest BCUT2D eigenvalue weighted by atomic mass is 10.0. The number of nitrogens with one attached hydrogen (secondary N) is 1. The Kier molecular flexibility index (Phi) is 6.08. The number of benzene rings is 1. The molecule has 1 atom stereocenters. The van der Waals surface area contributed by atoms with E-state index in [4.69, 9.17) is 16.7 Å². The molecule has 0 bridgehead atoms. The lowest BCUT2D eigenvalue weighted by Gasteiger charge is -2.16. The van der Waals surface area contributed by atoms with Crippen LogP contribution in [0.25, 0.3) is 17.0 Å². The highest BCUT2D eigenvalue weighted by molar-refractivity contribution is 6.30. The minimum absolute atomic E-state index is 0.217. The predicted octanol–water partition coefficient (Wildman–Crippen LogP) is 4.81. The Labute approximate surface area is 162 Å². The summed E-state index contributed by atoms with van der Waals surface area (Å²) in [6, 6.07) is 11.2. The molecule has 6 nitrogen and oxygen atoms in total. The standard InChI is InChI=1S/C20H21ClN4O2/c1-25-19-15(13-22-25)12-18(21)23-17(19)11-7-3-6-10-16(24-20(26)27)14-8-4-2-5-9-14/h2,4-5,7-9,11-13,16,24H,3,6,10H2,1H3,(H,26,27). The van der Waals surface area contributed by atoms with Gasteiger partial charge in [0.05, 0.1) is 23.4 Å². The second-order valence-electron chi connectivity index (χ2n) is 6.28. The van der Waals surface area contributed by atoms with E-state index in [1.54, 1.807) is 16.9 Å². The Balaban J connectivity index is 1.63. The molecular formula is C20H21ClN4O2. The number of nitrogens with zero attached hydrogens (tertiary/aromatic N) is 3. The van der Waals surface area contributed by atoms with Gasteiger partial charge in [0.2, 0.25) is 0 Å². The van der Waals surface area contributed by atoms with E-state index in [1.807, 2.05) is 49.5 Å². The summed E-state index contributed by atoms with van der Waals surface area (Å²) in [6.07, 6.45) is 7.09. The van der Waals surface area contributed by atoms with E-state index in [1.165, 1.54) is 0 Å². The lowest BCUT2D eigenvalue weighted by Crippen LogP contribution is -2.26. The van der Waals surface area contributed by atoms with Crippen LogP contribution in [0.3, 0.4) is 0 Å². The summed E-state index contributed by atoms with van der Waals surface area (Å²) in [4.78, 5) is 15.4. The Morgan fingerprint density at radius 1 is 1.37 bits per heavy atom. The van der Waals surface area contributed by atoms with E-state index >= 15 is 0 Å². The Bertz CT molecular complexity index is 953. The number of hydrogen-bond acceptors (Lipinski definition) is 3. The largest absolute Gasteiger partial charge is 0.465 e. The number of unbranched alkanes of at least 4 members (excludes halogenated alkanes) is 1. The Morgan fingerprint density at radius 3 is 2.89 bits per heavy atom. The van der Waals surface area contributed by atoms with Crippen LogP contribution in [0.4, 0.5) is 4.79 Å². The third kappa shape index (κ3) is 4.86. The highest BCUT2D eigenvalue weighted by Crippen LogP contribution is 2.22. The minimum Gasteiger partial charge on any atom is -0.465 e. The second-order valence-corrected chi connectivity index (χ2v) is 6.67. The normalized spacial score (nSPS) is 12.5. The van der Waals surface area contributed by atoms with Crippen LogP contribution >= 0.6 is 11.6 Å². The van der Waals surface area contributed by atoms with Crippen LogP contribution in [0.1, 0.15) is 36.6 Å². The van der Waals surface area contributed by atoms with Gasteiger partial charge >= 0.3 is 6.09 Å². The molecule has 0 aliphatic rings. The monoisotopic (exact) mass is 384 g/mol. The van der Waals surface area contributed by atoms with Crippen molar-refractivity contribution in [2.75, 3.05) is 0 Å². The van der Waals surface area contributed by atoms with Crippen molar-refractivity contribution in [1.82, 2.24) is 20.1 Å². The molecule has 27 heavy (non-hydrogen) atoms. The molecule has 140 valence electrons. The van der Waals surface area contributed by atoms with E-state index in [0.717, 1.165) is 35.0 Å². The van der Waals surface area contributed by atoms with Gasteiger partial charge in [0.25, 0.3) is 0 Å². The van der Waals surface area contributed by atoms with Crippen molar-refractivity contribution in [1.29, 1.82) is 0 Å². The Hall–Kier alpha value is -2.86. The maximum atomic E-state index is 11.1. The zero-order valence-electron chi connectivity index (χ0n) is 15.0. The SMILES string of the molecule is Cn1ncc2cc(Cl)nc(C=CCCCC(NC(=O)O)c3ccccc3)c21. The molecule has 0 fully saturated rings. The molecular weight excluding hydrogens is 364 g/mol. The van der Waals surface area contributed by atoms with Gasteiger partial charge in [-0.05, 0) is 37.0 Å². The summed E-state index contributed by atoms with van der Waals surface area (Å²) >= 11 is 6.09. The van der Waals surface area contributed by atoms with Gasteiger partial charge < -0.3 is 10.4 Å². The number of carboxylic acid groups (broad SMARTS) is 1. The minimum atomic E-state index is -1.01. The van der Waals surface area contributed by atoms with E-state index in [9.17, 15) is 4.79 Å². The van der Waals surface area contributed by atoms with Crippen LogP contribution in [-0.2, 0) is 7.05 Å². The van der Waals surface area contributed by atoms with Gasteiger partial charge in [0.1, 0.15) is 5.15 Å². The second kappa shape index (κ2) is 8.68. The third-order valence-electron chi connectivity index (χ3n) is 4.35. The maximum Gasteiger partial charge on any atom is 0.405 e. The van der Waals surface area contributed by atoms with Crippen LogP contribution in [0.15, 0.2) is 48.7 Å². The number of aryl methyl sites for hydroxylation is 1. The van der Waals surface area contributed by atoms with Gasteiger partial charge in [-0.2, -0.15) is 5.10 Å². The van der Waals surface area contributed by atoms with Crippen molar-refractivity contribution >= 4 is 34.7 Å². The number of hydrogen-bond donors (Lipinski definition) is 2. The maximum absolute atomic E-state index is 11.1. The van der Waals surface area contributed by atoms with Crippen LogP contribution in [0.2, 0.25) is 5.15 Å². The van der Waals surface area contributed by atoms with Crippen LogP contribution in [-0.4, -0.2) is 26.0 Å². The summed E-state index contributed by atoms with van der Waals surface area (Å²) in [5, 5.41) is 17.3. The van der Waals surface area contributed by atoms with Gasteiger partial charge in [-0.1, -0.05) is 48.0 Å². The molecule has 3 aromatic rings. The first kappa shape index (κ1) is 18.9. The highest BCUT2D eigenvalue weighted by atomic mass is 35.5. The van der Waals surface area contributed by atoms with Gasteiger partial charge in [0, 0.05) is 12.4 Å². The number of amides is 1. The number of pyridine rings is 1. The van der Waals surface area contributed by atoms with Gasteiger partial charge in [-0.15, -0.1) is 0 Å². The number of fused-ring (bicyclic) bond motifs is 1. The van der Waals surface area contributed by atoms with Crippen LogP contribution in [0.5, 0.6) is 0 Å². The van der Waals surface area contributed by atoms with Gasteiger partial charge in [-0.25, -0.2) is 9.78 Å². The molecule has 2 aromatic heterocycles. The fraction of sp³-hybridized carbons (Fsp3) is 0.250. The average Bonchev–Trinajstić information content (AvgIpc) is 3.01. The molecule has 0 aliphatic carbocycles. The summed E-state index contributed by atoms with van der Waals surface area (Å²) in [7, 11) is 1.87. The van der Waals surface area contributed by atoms with Crippen molar-refractivity contribution in [3.63, 3.8) is 0 Å². The van der Waals surface area contributed by atoms with Crippen molar-refractivity contribution in [3.8, 4) is 0 Å². The predicted molar refractivity (Wildman–Crippen MR) is 107 cm³/mol. The first-order chi connectivity index (χ1) is 13.0. The van der Waals surface area contributed by atoms with Crippen LogP contribution < -0.4 is 5.32 Å². The molecule has 0 radical (unpaired) electrons. The van der Waals surface area contributed by atoms with Gasteiger partial charge in [-0.3, -0.25) is 4.68 Å². The summed E-state index contributed by atoms with van der Waals surface area (Å²) in [5.41, 5.74) is 2.68. The number of allylic oxidation sites excluding steroid dienone is 1. The van der Waals surface area contributed by atoms with Gasteiger partial charge in [0.15, 0.2) is 0 Å². The van der Waals surface area contributed by atoms with E-state index in [-0.39, 0.29) is 6.04 Å². The van der Waals surface area contributed by atoms with Crippen molar-refractivity contribution in [3.05, 3.63) is 65.1 Å². The third-order valence-corrected chi connectivity index (χ3v) is 4.54. The lowest BCUT2D eigenvalue weighted by molar-refractivity contribution is 0.189. The summed E-state index contributed by atoms with van der Waals surface area (Å²) < 4.78 is 1.78. The molecule has 1 unspecified atom stereocenters. The fourth-order valence-electron chi connectivity index (χ4n) is 3.11. The molecule has 7 heteroatoms. The van der Waals surface area contributed by atoms with E-state index in [0.29, 0.717) is 11.6 Å². The van der Waals surface area contributed by atoms with Crippen molar-refractivity contribution < 1.29 is 9.90 Å². The quantitative estimate of drug-likeness (QED) is 0.452. The number of halogens is 1. The van der Waals surface area contributed by atoms with E-state index in [2.05, 4.69) is 15.4 Å². The molecule has 3 rings (SSSR count). The molecule has 0 aliphatic heterocycles. The topological polar surface area (TPSA) is 80.0 Å². The molecule has 0 spiro atoms.